The highest BCUT2D eigenvalue weighted by Crippen LogP contribution is 2.28. The molecule has 116 valence electrons. The van der Waals surface area contributed by atoms with Crippen LogP contribution in [0.15, 0.2) is 54.6 Å². The fourth-order valence-corrected chi connectivity index (χ4v) is 4.16. The van der Waals surface area contributed by atoms with Gasteiger partial charge in [-0.3, -0.25) is 4.90 Å². The van der Waals surface area contributed by atoms with Gasteiger partial charge in [0.25, 0.3) is 0 Å². The van der Waals surface area contributed by atoms with Gasteiger partial charge in [-0.05, 0) is 12.1 Å². The molecule has 3 heterocycles. The molecule has 3 aromatic rings. The van der Waals surface area contributed by atoms with Crippen LogP contribution in [0.4, 0.5) is 0 Å². The number of nitrogens with zero attached hydrogens (tertiary/aromatic N) is 3. The minimum absolute atomic E-state index is 0.271. The second-order valence-electron chi connectivity index (χ2n) is 6.40. The quantitative estimate of drug-likeness (QED) is 0.784. The first-order valence-corrected chi connectivity index (χ1v) is 8.25. The van der Waals surface area contributed by atoms with Gasteiger partial charge in [-0.15, -0.1) is 5.10 Å². The lowest BCUT2D eigenvalue weighted by atomic mass is 10.1. The molecule has 1 unspecified atom stereocenters. The average molecular weight is 307 g/mol. The van der Waals surface area contributed by atoms with Crippen LogP contribution in [0.25, 0.3) is 11.0 Å². The highest BCUT2D eigenvalue weighted by atomic mass is 16.5. The van der Waals surface area contributed by atoms with Crippen LogP contribution in [-0.2, 0) is 4.74 Å². The van der Waals surface area contributed by atoms with Crippen molar-refractivity contribution in [1.82, 2.24) is 15.0 Å². The Morgan fingerprint density at radius 3 is 2.74 bits per heavy atom. The Morgan fingerprint density at radius 2 is 1.83 bits per heavy atom. The molecule has 0 bridgehead atoms. The zero-order valence-corrected chi connectivity index (χ0v) is 12.8. The Kier molecular flexibility index (Phi) is 2.96. The van der Waals surface area contributed by atoms with Gasteiger partial charge in [-0.25, -0.2) is 0 Å². The van der Waals surface area contributed by atoms with E-state index in [2.05, 4.69) is 57.5 Å². The number of para-hydroxylation sites is 1. The molecule has 2 saturated heterocycles. The normalized spacial score (nSPS) is 29.9. The number of hydrogen-bond donors (Lipinski definition) is 1. The Bertz CT molecular complexity index is 831. The second kappa shape index (κ2) is 5.15. The Labute approximate surface area is 134 Å². The van der Waals surface area contributed by atoms with Crippen molar-refractivity contribution in [1.29, 1.82) is 0 Å². The van der Waals surface area contributed by atoms with Crippen molar-refractivity contribution in [2.24, 2.45) is 0 Å². The van der Waals surface area contributed by atoms with Gasteiger partial charge >= 0.3 is 0 Å². The molecule has 4 atom stereocenters. The van der Waals surface area contributed by atoms with Crippen LogP contribution in [0.1, 0.15) is 30.6 Å². The van der Waals surface area contributed by atoms with E-state index in [0.717, 1.165) is 30.5 Å². The lowest BCUT2D eigenvalue weighted by molar-refractivity contribution is -0.976. The number of quaternary nitrogens is 1. The summed E-state index contributed by atoms with van der Waals surface area (Å²) in [5, 5.41) is 8.79. The molecule has 1 N–H and O–H groups in total. The number of aromatic nitrogens is 3. The summed E-state index contributed by atoms with van der Waals surface area (Å²) >= 11 is 0. The number of ether oxygens (including phenoxy) is 1. The van der Waals surface area contributed by atoms with Crippen LogP contribution in [0.2, 0.25) is 0 Å². The van der Waals surface area contributed by atoms with E-state index >= 15 is 0 Å². The molecule has 23 heavy (non-hydrogen) atoms. The van der Waals surface area contributed by atoms with Crippen LogP contribution < -0.4 is 4.90 Å². The largest absolute Gasteiger partial charge is 0.323 e. The van der Waals surface area contributed by atoms with Gasteiger partial charge < -0.3 is 4.74 Å². The summed E-state index contributed by atoms with van der Waals surface area (Å²) < 4.78 is 8.19. The summed E-state index contributed by atoms with van der Waals surface area (Å²) in [6.45, 7) is 0.785. The zero-order valence-electron chi connectivity index (χ0n) is 12.8. The molecule has 2 aromatic carbocycles. The van der Waals surface area contributed by atoms with Crippen molar-refractivity contribution >= 4 is 11.0 Å². The molecule has 0 amide bonds. The zero-order chi connectivity index (χ0) is 15.2. The Balaban J connectivity index is 1.56. The molecular formula is C18H19N4O+. The van der Waals surface area contributed by atoms with E-state index in [9.17, 15) is 0 Å². The summed E-state index contributed by atoms with van der Waals surface area (Å²) in [5.74, 6) is 0. The predicted octanol–water partition coefficient (Wildman–Crippen LogP) is 1.71. The van der Waals surface area contributed by atoms with Crippen molar-refractivity contribution in [3.05, 3.63) is 60.2 Å². The average Bonchev–Trinajstić information content (AvgIpc) is 3.30. The third kappa shape index (κ3) is 2.00. The van der Waals surface area contributed by atoms with E-state index in [0.29, 0.717) is 12.2 Å². The van der Waals surface area contributed by atoms with Gasteiger partial charge in [0.05, 0.1) is 5.52 Å². The van der Waals surface area contributed by atoms with Gasteiger partial charge in [0.1, 0.15) is 18.2 Å². The fraction of sp³-hybridized carbons (Fsp3) is 0.333. The summed E-state index contributed by atoms with van der Waals surface area (Å²) in [6.07, 6.45) is 2.72. The molecular weight excluding hydrogens is 288 g/mol. The number of benzene rings is 2. The SMILES string of the molecule is c1ccc([C@@H]2CO[C@H]3CC[C@H](n4nnc5ccccc54)[NH+]32)cc1. The molecule has 0 aliphatic carbocycles. The molecule has 2 aliphatic rings. The first-order chi connectivity index (χ1) is 11.4. The first-order valence-electron chi connectivity index (χ1n) is 8.25. The van der Waals surface area contributed by atoms with E-state index in [1.54, 1.807) is 0 Å². The molecule has 5 rings (SSSR count). The molecule has 0 saturated carbocycles. The number of hydrogen-bond acceptors (Lipinski definition) is 3. The highest BCUT2D eigenvalue weighted by molar-refractivity contribution is 5.73. The minimum Gasteiger partial charge on any atom is -0.323 e. The van der Waals surface area contributed by atoms with E-state index in [1.165, 1.54) is 10.5 Å². The van der Waals surface area contributed by atoms with E-state index in [1.807, 2.05) is 12.1 Å². The van der Waals surface area contributed by atoms with Crippen LogP contribution in [0.3, 0.4) is 0 Å². The summed E-state index contributed by atoms with van der Waals surface area (Å²) in [7, 11) is 0. The standard InChI is InChI=1S/C18H18N4O/c1-2-6-13(7-3-1)16-12-23-18-11-10-17(21(16)18)22-15-9-5-4-8-14(15)19-20-22/h1-9,16-18H,10-12H2/p+1/t16-,17-,18-/m0/s1. The van der Waals surface area contributed by atoms with E-state index in [4.69, 9.17) is 4.74 Å². The van der Waals surface area contributed by atoms with Crippen molar-refractivity contribution in [2.45, 2.75) is 31.3 Å². The van der Waals surface area contributed by atoms with Gasteiger partial charge in [0, 0.05) is 18.4 Å². The number of rotatable bonds is 2. The smallest absolute Gasteiger partial charge is 0.194 e. The Hall–Kier alpha value is -2.24. The molecule has 2 fully saturated rings. The van der Waals surface area contributed by atoms with Gasteiger partial charge in [-0.2, -0.15) is 4.68 Å². The van der Waals surface area contributed by atoms with Gasteiger partial charge in [0.2, 0.25) is 0 Å². The molecule has 0 radical (unpaired) electrons. The maximum atomic E-state index is 6.09. The molecule has 0 spiro atoms. The van der Waals surface area contributed by atoms with Crippen molar-refractivity contribution in [2.75, 3.05) is 6.61 Å². The first kappa shape index (κ1) is 13.2. The summed E-state index contributed by atoms with van der Waals surface area (Å²) in [4.78, 5) is 1.48. The van der Waals surface area contributed by atoms with Crippen LogP contribution in [0.5, 0.6) is 0 Å². The van der Waals surface area contributed by atoms with E-state index in [-0.39, 0.29) is 6.23 Å². The topological polar surface area (TPSA) is 44.4 Å². The fourth-order valence-electron chi connectivity index (χ4n) is 4.16. The maximum Gasteiger partial charge on any atom is 0.194 e. The molecule has 1 aromatic heterocycles. The third-order valence-corrected chi connectivity index (χ3v) is 5.20. The summed E-state index contributed by atoms with van der Waals surface area (Å²) in [6, 6.07) is 19.3. The van der Waals surface area contributed by atoms with E-state index < -0.39 is 0 Å². The molecule has 5 nitrogen and oxygen atoms in total. The van der Waals surface area contributed by atoms with Crippen molar-refractivity contribution < 1.29 is 9.64 Å². The van der Waals surface area contributed by atoms with Crippen LogP contribution in [0, 0.1) is 0 Å². The third-order valence-electron chi connectivity index (χ3n) is 5.20. The van der Waals surface area contributed by atoms with Crippen molar-refractivity contribution in [3.8, 4) is 0 Å². The predicted molar refractivity (Wildman–Crippen MR) is 85.7 cm³/mol. The summed E-state index contributed by atoms with van der Waals surface area (Å²) in [5.41, 5.74) is 3.43. The van der Waals surface area contributed by atoms with Crippen LogP contribution >= 0.6 is 0 Å². The number of fused-ring (bicyclic) bond motifs is 2. The highest BCUT2D eigenvalue weighted by Gasteiger charge is 2.50. The monoisotopic (exact) mass is 307 g/mol. The van der Waals surface area contributed by atoms with Gasteiger partial charge in [0.15, 0.2) is 12.4 Å². The Morgan fingerprint density at radius 1 is 1.00 bits per heavy atom. The van der Waals surface area contributed by atoms with Crippen molar-refractivity contribution in [3.63, 3.8) is 0 Å². The lowest BCUT2D eigenvalue weighted by Gasteiger charge is -2.26. The number of nitrogens with one attached hydrogen (secondary N) is 1. The van der Waals surface area contributed by atoms with Gasteiger partial charge in [-0.1, -0.05) is 47.7 Å². The van der Waals surface area contributed by atoms with Crippen LogP contribution in [-0.4, -0.2) is 27.8 Å². The molecule has 5 heteroatoms. The minimum atomic E-state index is 0.271. The maximum absolute atomic E-state index is 6.09. The second-order valence-corrected chi connectivity index (χ2v) is 6.40. The molecule has 2 aliphatic heterocycles. The lowest BCUT2D eigenvalue weighted by Crippen LogP contribution is -3.13.